The van der Waals surface area contributed by atoms with Gasteiger partial charge in [0.1, 0.15) is 5.82 Å². The minimum Gasteiger partial charge on any atom is -0.383 e. The molecular weight excluding hydrogens is 302 g/mol. The molecule has 3 N–H and O–H groups in total. The van der Waals surface area contributed by atoms with Crippen LogP contribution < -0.4 is 11.1 Å². The molecule has 1 fully saturated rings. The maximum atomic E-state index is 11.7. The molecule has 0 bridgehead atoms. The van der Waals surface area contributed by atoms with E-state index in [4.69, 9.17) is 5.73 Å². The summed E-state index contributed by atoms with van der Waals surface area (Å²) in [5.74, 6) is 1.35. The molecule has 0 atom stereocenters. The number of nitrogen functional groups attached to an aromatic ring is 1. The van der Waals surface area contributed by atoms with Gasteiger partial charge in [-0.25, -0.2) is 17.7 Å². The van der Waals surface area contributed by atoms with Crippen LogP contribution in [0.4, 0.5) is 11.8 Å². The van der Waals surface area contributed by atoms with Crippen LogP contribution in [0.25, 0.3) is 10.9 Å². The molecule has 0 aliphatic carbocycles. The number of anilines is 2. The van der Waals surface area contributed by atoms with E-state index in [2.05, 4.69) is 15.3 Å². The molecule has 1 saturated heterocycles. The standard InChI is InChI=1S/C14H19N5O2S/c1-2-22(20,21)19-8-10(9-19)7-16-14-17-12-6-4-3-5-11(12)13(15)18-14/h3-6,10H,2,7-9H2,1H3,(H3,15,16,17,18). The number of aromatic nitrogens is 2. The maximum absolute atomic E-state index is 11.7. The van der Waals surface area contributed by atoms with Gasteiger partial charge in [-0.1, -0.05) is 12.1 Å². The van der Waals surface area contributed by atoms with Crippen LogP contribution in [0, 0.1) is 5.92 Å². The minimum atomic E-state index is -3.06. The van der Waals surface area contributed by atoms with Crippen molar-refractivity contribution in [2.45, 2.75) is 6.92 Å². The van der Waals surface area contributed by atoms with Crippen LogP contribution in [0.2, 0.25) is 0 Å². The summed E-state index contributed by atoms with van der Waals surface area (Å²) in [7, 11) is -3.06. The molecule has 2 heterocycles. The van der Waals surface area contributed by atoms with Crippen LogP contribution in [-0.4, -0.2) is 48.1 Å². The lowest BCUT2D eigenvalue weighted by atomic mass is 10.0. The minimum absolute atomic E-state index is 0.150. The number of nitrogens with one attached hydrogen (secondary N) is 1. The van der Waals surface area contributed by atoms with Gasteiger partial charge in [0.2, 0.25) is 16.0 Å². The Balaban J connectivity index is 1.62. The van der Waals surface area contributed by atoms with Crippen LogP contribution in [0.3, 0.4) is 0 Å². The molecule has 2 aromatic rings. The normalized spacial score (nSPS) is 16.6. The Bertz CT molecular complexity index is 787. The zero-order valence-corrected chi connectivity index (χ0v) is 13.2. The highest BCUT2D eigenvalue weighted by Crippen LogP contribution is 2.22. The molecule has 7 nitrogen and oxygen atoms in total. The summed E-state index contributed by atoms with van der Waals surface area (Å²) in [5, 5.41) is 3.98. The number of nitrogens with two attached hydrogens (primary N) is 1. The van der Waals surface area contributed by atoms with E-state index in [1.54, 1.807) is 6.92 Å². The van der Waals surface area contributed by atoms with E-state index in [0.29, 0.717) is 31.4 Å². The fourth-order valence-corrected chi connectivity index (χ4v) is 3.72. The van der Waals surface area contributed by atoms with Crippen LogP contribution >= 0.6 is 0 Å². The van der Waals surface area contributed by atoms with Crippen molar-refractivity contribution in [2.75, 3.05) is 36.4 Å². The lowest BCUT2D eigenvalue weighted by Gasteiger charge is -2.37. The first kappa shape index (κ1) is 15.0. The number of para-hydroxylation sites is 1. The van der Waals surface area contributed by atoms with Crippen LogP contribution in [-0.2, 0) is 10.0 Å². The fraction of sp³-hybridized carbons (Fsp3) is 0.429. The van der Waals surface area contributed by atoms with Crippen LogP contribution in [0.5, 0.6) is 0 Å². The van der Waals surface area contributed by atoms with E-state index in [9.17, 15) is 8.42 Å². The molecule has 3 rings (SSSR count). The highest BCUT2D eigenvalue weighted by molar-refractivity contribution is 7.89. The number of rotatable bonds is 5. The highest BCUT2D eigenvalue weighted by Gasteiger charge is 2.34. The lowest BCUT2D eigenvalue weighted by Crippen LogP contribution is -2.52. The Morgan fingerprint density at radius 3 is 2.77 bits per heavy atom. The highest BCUT2D eigenvalue weighted by atomic mass is 32.2. The summed E-state index contributed by atoms with van der Waals surface area (Å²) in [6.07, 6.45) is 0. The largest absolute Gasteiger partial charge is 0.383 e. The smallest absolute Gasteiger partial charge is 0.225 e. The summed E-state index contributed by atoms with van der Waals surface area (Å²) < 4.78 is 24.8. The summed E-state index contributed by atoms with van der Waals surface area (Å²) in [4.78, 5) is 8.66. The van der Waals surface area contributed by atoms with Crippen molar-refractivity contribution in [2.24, 2.45) is 5.92 Å². The van der Waals surface area contributed by atoms with E-state index in [0.717, 1.165) is 10.9 Å². The summed E-state index contributed by atoms with van der Waals surface area (Å²) >= 11 is 0. The maximum Gasteiger partial charge on any atom is 0.225 e. The van der Waals surface area contributed by atoms with Gasteiger partial charge in [0.25, 0.3) is 0 Å². The average Bonchev–Trinajstić information content (AvgIpc) is 2.45. The molecular formula is C14H19N5O2S. The van der Waals surface area contributed by atoms with Gasteiger partial charge >= 0.3 is 0 Å². The fourth-order valence-electron chi connectivity index (χ4n) is 2.48. The molecule has 0 amide bonds. The monoisotopic (exact) mass is 321 g/mol. The Morgan fingerprint density at radius 1 is 1.32 bits per heavy atom. The molecule has 1 aliphatic heterocycles. The Hall–Kier alpha value is -1.93. The zero-order valence-electron chi connectivity index (χ0n) is 12.4. The van der Waals surface area contributed by atoms with Gasteiger partial charge in [-0.05, 0) is 19.1 Å². The first-order chi connectivity index (χ1) is 10.5. The third-order valence-electron chi connectivity index (χ3n) is 3.86. The lowest BCUT2D eigenvalue weighted by molar-refractivity contribution is 0.211. The van der Waals surface area contributed by atoms with E-state index in [1.807, 2.05) is 24.3 Å². The SMILES string of the molecule is CCS(=O)(=O)N1CC(CNc2nc(N)c3ccccc3n2)C1. The summed E-state index contributed by atoms with van der Waals surface area (Å²) in [6.45, 7) is 3.39. The van der Waals surface area contributed by atoms with Crippen molar-refractivity contribution in [3.05, 3.63) is 24.3 Å². The van der Waals surface area contributed by atoms with Crippen molar-refractivity contribution < 1.29 is 8.42 Å². The third-order valence-corrected chi connectivity index (χ3v) is 5.68. The van der Waals surface area contributed by atoms with Gasteiger partial charge in [0.05, 0.1) is 11.3 Å². The molecule has 0 radical (unpaired) electrons. The molecule has 0 saturated carbocycles. The van der Waals surface area contributed by atoms with Gasteiger partial charge in [-0.2, -0.15) is 4.98 Å². The van der Waals surface area contributed by atoms with Gasteiger partial charge in [-0.3, -0.25) is 0 Å². The molecule has 8 heteroatoms. The number of sulfonamides is 1. The van der Waals surface area contributed by atoms with Gasteiger partial charge < -0.3 is 11.1 Å². The molecule has 1 aromatic carbocycles. The molecule has 1 aromatic heterocycles. The van der Waals surface area contributed by atoms with Crippen molar-refractivity contribution in [1.29, 1.82) is 0 Å². The number of hydrogen-bond donors (Lipinski definition) is 2. The van der Waals surface area contributed by atoms with Crippen molar-refractivity contribution in [3.63, 3.8) is 0 Å². The summed E-state index contributed by atoms with van der Waals surface area (Å²) in [6, 6.07) is 7.57. The number of benzene rings is 1. The zero-order chi connectivity index (χ0) is 15.7. The first-order valence-electron chi connectivity index (χ1n) is 7.23. The van der Waals surface area contributed by atoms with Crippen molar-refractivity contribution >= 4 is 32.7 Å². The molecule has 1 aliphatic rings. The van der Waals surface area contributed by atoms with Gasteiger partial charge in [0.15, 0.2) is 0 Å². The average molecular weight is 321 g/mol. The predicted octanol–water partition coefficient (Wildman–Crippen LogP) is 0.905. The first-order valence-corrected chi connectivity index (χ1v) is 8.84. The number of fused-ring (bicyclic) bond motifs is 1. The van der Waals surface area contributed by atoms with Gasteiger partial charge in [0, 0.05) is 30.9 Å². The molecule has 0 unspecified atom stereocenters. The third kappa shape index (κ3) is 2.84. The van der Waals surface area contributed by atoms with Crippen molar-refractivity contribution in [1.82, 2.24) is 14.3 Å². The van der Waals surface area contributed by atoms with Gasteiger partial charge in [-0.15, -0.1) is 0 Å². The molecule has 22 heavy (non-hydrogen) atoms. The van der Waals surface area contributed by atoms with E-state index < -0.39 is 10.0 Å². The van der Waals surface area contributed by atoms with Crippen molar-refractivity contribution in [3.8, 4) is 0 Å². The topological polar surface area (TPSA) is 101 Å². The van der Waals surface area contributed by atoms with E-state index in [1.165, 1.54) is 4.31 Å². The number of hydrogen-bond acceptors (Lipinski definition) is 6. The molecule has 0 spiro atoms. The quantitative estimate of drug-likeness (QED) is 0.848. The number of nitrogens with zero attached hydrogens (tertiary/aromatic N) is 3. The Labute approximate surface area is 129 Å². The second-order valence-electron chi connectivity index (χ2n) is 5.41. The molecule has 118 valence electrons. The Morgan fingerprint density at radius 2 is 2.05 bits per heavy atom. The van der Waals surface area contributed by atoms with Crippen LogP contribution in [0.1, 0.15) is 6.92 Å². The van der Waals surface area contributed by atoms with E-state index >= 15 is 0 Å². The second kappa shape index (κ2) is 5.69. The summed E-state index contributed by atoms with van der Waals surface area (Å²) in [5.41, 5.74) is 6.72. The Kier molecular flexibility index (Phi) is 3.88. The second-order valence-corrected chi connectivity index (χ2v) is 7.67. The predicted molar refractivity (Wildman–Crippen MR) is 87.0 cm³/mol. The van der Waals surface area contributed by atoms with E-state index in [-0.39, 0.29) is 11.7 Å². The van der Waals surface area contributed by atoms with Crippen LogP contribution in [0.15, 0.2) is 24.3 Å².